The van der Waals surface area contributed by atoms with Gasteiger partial charge in [0.25, 0.3) is 5.91 Å². The third-order valence-corrected chi connectivity index (χ3v) is 3.77. The van der Waals surface area contributed by atoms with Gasteiger partial charge in [-0.3, -0.25) is 4.79 Å². The number of hydrogen-bond acceptors (Lipinski definition) is 3. The molecule has 1 heterocycles. The van der Waals surface area contributed by atoms with Crippen LogP contribution < -0.4 is 15.4 Å². The number of carbonyl (C=O) groups excluding carboxylic acids is 1. The number of hydrogen-bond donors (Lipinski definition) is 2. The lowest BCUT2D eigenvalue weighted by molar-refractivity contribution is 0.0948. The molecule has 1 saturated heterocycles. The van der Waals surface area contributed by atoms with Gasteiger partial charge in [0.2, 0.25) is 0 Å². The molecule has 1 atom stereocenters. The first-order chi connectivity index (χ1) is 10.8. The second kappa shape index (κ2) is 8.56. The van der Waals surface area contributed by atoms with Crippen molar-refractivity contribution in [1.29, 1.82) is 0 Å². The molecular weight excluding hydrogens is 312 g/mol. The number of halogens is 1. The van der Waals surface area contributed by atoms with Crippen molar-refractivity contribution in [2.24, 2.45) is 0 Å². The van der Waals surface area contributed by atoms with Crippen LogP contribution in [0.15, 0.2) is 54.6 Å². The molecular formula is C18H21ClN2O2. The molecule has 1 unspecified atom stereocenters. The van der Waals surface area contributed by atoms with Crippen molar-refractivity contribution in [3.63, 3.8) is 0 Å². The molecule has 0 radical (unpaired) electrons. The van der Waals surface area contributed by atoms with Gasteiger partial charge in [0.05, 0.1) is 5.56 Å². The zero-order valence-corrected chi connectivity index (χ0v) is 13.6. The number of ether oxygens (including phenoxy) is 1. The Morgan fingerprint density at radius 1 is 1.13 bits per heavy atom. The summed E-state index contributed by atoms with van der Waals surface area (Å²) in [6.45, 7) is 1.69. The molecule has 2 aromatic carbocycles. The molecule has 122 valence electrons. The highest BCUT2D eigenvalue weighted by atomic mass is 35.5. The SMILES string of the molecule is Cl.O=C(NCC1CCCN1)c1ccccc1Oc1ccccc1. The maximum absolute atomic E-state index is 12.4. The number of benzene rings is 2. The summed E-state index contributed by atoms with van der Waals surface area (Å²) < 4.78 is 5.83. The van der Waals surface area contributed by atoms with Gasteiger partial charge >= 0.3 is 0 Å². The molecule has 3 rings (SSSR count). The highest BCUT2D eigenvalue weighted by Gasteiger charge is 2.17. The summed E-state index contributed by atoms with van der Waals surface area (Å²) in [7, 11) is 0. The van der Waals surface area contributed by atoms with Crippen molar-refractivity contribution < 1.29 is 9.53 Å². The van der Waals surface area contributed by atoms with Gasteiger partial charge in [-0.05, 0) is 43.7 Å². The molecule has 0 aliphatic carbocycles. The fraction of sp³-hybridized carbons (Fsp3) is 0.278. The summed E-state index contributed by atoms with van der Waals surface area (Å²) in [6, 6.07) is 17.2. The topological polar surface area (TPSA) is 50.4 Å². The van der Waals surface area contributed by atoms with E-state index in [-0.39, 0.29) is 18.3 Å². The van der Waals surface area contributed by atoms with Crippen molar-refractivity contribution in [2.45, 2.75) is 18.9 Å². The van der Waals surface area contributed by atoms with Crippen molar-refractivity contribution >= 4 is 18.3 Å². The third-order valence-electron chi connectivity index (χ3n) is 3.77. The van der Waals surface area contributed by atoms with E-state index in [9.17, 15) is 4.79 Å². The molecule has 1 aliphatic heterocycles. The van der Waals surface area contributed by atoms with Crippen LogP contribution in [-0.2, 0) is 0 Å². The lowest BCUT2D eigenvalue weighted by atomic mass is 10.1. The van der Waals surface area contributed by atoms with E-state index < -0.39 is 0 Å². The van der Waals surface area contributed by atoms with Gasteiger partial charge in [-0.15, -0.1) is 12.4 Å². The van der Waals surface area contributed by atoms with Crippen LogP contribution in [0.4, 0.5) is 0 Å². The minimum atomic E-state index is -0.0970. The number of para-hydroxylation sites is 2. The Balaban J connectivity index is 0.00000192. The maximum Gasteiger partial charge on any atom is 0.255 e. The minimum absolute atomic E-state index is 0. The fourth-order valence-electron chi connectivity index (χ4n) is 2.60. The van der Waals surface area contributed by atoms with Gasteiger partial charge in [-0.1, -0.05) is 30.3 Å². The monoisotopic (exact) mass is 332 g/mol. The normalized spacial score (nSPS) is 16.4. The Morgan fingerprint density at radius 3 is 2.61 bits per heavy atom. The molecule has 0 spiro atoms. The zero-order valence-electron chi connectivity index (χ0n) is 12.8. The van der Waals surface area contributed by atoms with E-state index in [1.54, 1.807) is 6.07 Å². The molecule has 4 nitrogen and oxygen atoms in total. The van der Waals surface area contributed by atoms with Crippen LogP contribution in [0.5, 0.6) is 11.5 Å². The van der Waals surface area contributed by atoms with Crippen LogP contribution in [-0.4, -0.2) is 25.0 Å². The molecule has 2 aromatic rings. The highest BCUT2D eigenvalue weighted by Crippen LogP contribution is 2.24. The molecule has 23 heavy (non-hydrogen) atoms. The molecule has 2 N–H and O–H groups in total. The Kier molecular flexibility index (Phi) is 6.44. The van der Waals surface area contributed by atoms with E-state index in [2.05, 4.69) is 10.6 Å². The van der Waals surface area contributed by atoms with E-state index >= 15 is 0 Å². The molecule has 1 amide bonds. The van der Waals surface area contributed by atoms with Crippen molar-refractivity contribution in [3.8, 4) is 11.5 Å². The molecule has 1 aliphatic rings. The average Bonchev–Trinajstić information content (AvgIpc) is 3.08. The predicted molar refractivity (Wildman–Crippen MR) is 93.6 cm³/mol. The third kappa shape index (κ3) is 4.71. The largest absolute Gasteiger partial charge is 0.457 e. The van der Waals surface area contributed by atoms with Crippen LogP contribution in [0.3, 0.4) is 0 Å². The second-order valence-electron chi connectivity index (χ2n) is 5.41. The molecule has 0 bridgehead atoms. The van der Waals surface area contributed by atoms with Gasteiger partial charge in [0, 0.05) is 12.6 Å². The molecule has 0 aromatic heterocycles. The Bertz CT molecular complexity index is 628. The smallest absolute Gasteiger partial charge is 0.255 e. The number of nitrogens with one attached hydrogen (secondary N) is 2. The Labute approximate surface area is 142 Å². The lowest BCUT2D eigenvalue weighted by Gasteiger charge is -2.14. The summed E-state index contributed by atoms with van der Waals surface area (Å²) >= 11 is 0. The Hall–Kier alpha value is -2.04. The first-order valence-electron chi connectivity index (χ1n) is 7.66. The van der Waals surface area contributed by atoms with Gasteiger partial charge in [0.1, 0.15) is 11.5 Å². The maximum atomic E-state index is 12.4. The van der Waals surface area contributed by atoms with Gasteiger partial charge in [0.15, 0.2) is 0 Å². The Morgan fingerprint density at radius 2 is 1.87 bits per heavy atom. The van der Waals surface area contributed by atoms with Crippen molar-refractivity contribution in [3.05, 3.63) is 60.2 Å². The van der Waals surface area contributed by atoms with E-state index in [0.717, 1.165) is 18.7 Å². The van der Waals surface area contributed by atoms with Crippen LogP contribution in [0, 0.1) is 0 Å². The van der Waals surface area contributed by atoms with Crippen LogP contribution in [0.2, 0.25) is 0 Å². The van der Waals surface area contributed by atoms with E-state index in [1.807, 2.05) is 48.5 Å². The van der Waals surface area contributed by atoms with Crippen LogP contribution in [0.1, 0.15) is 23.2 Å². The summed E-state index contributed by atoms with van der Waals surface area (Å²) in [4.78, 5) is 12.4. The zero-order chi connectivity index (χ0) is 15.2. The summed E-state index contributed by atoms with van der Waals surface area (Å²) in [6.07, 6.45) is 2.29. The van der Waals surface area contributed by atoms with Crippen LogP contribution >= 0.6 is 12.4 Å². The summed E-state index contributed by atoms with van der Waals surface area (Å²) in [5.74, 6) is 1.20. The first kappa shape index (κ1) is 17.3. The minimum Gasteiger partial charge on any atom is -0.457 e. The van der Waals surface area contributed by atoms with Gasteiger partial charge in [-0.25, -0.2) is 0 Å². The fourth-order valence-corrected chi connectivity index (χ4v) is 2.60. The highest BCUT2D eigenvalue weighted by molar-refractivity contribution is 5.97. The number of carbonyl (C=O) groups is 1. The van der Waals surface area contributed by atoms with Crippen molar-refractivity contribution in [2.75, 3.05) is 13.1 Å². The number of amides is 1. The van der Waals surface area contributed by atoms with Gasteiger partial charge < -0.3 is 15.4 Å². The van der Waals surface area contributed by atoms with Crippen molar-refractivity contribution in [1.82, 2.24) is 10.6 Å². The summed E-state index contributed by atoms with van der Waals surface area (Å²) in [5.41, 5.74) is 0.560. The molecule has 0 saturated carbocycles. The standard InChI is InChI=1S/C18H20N2O2.ClH/c21-18(20-13-14-7-6-12-19-14)16-10-4-5-11-17(16)22-15-8-2-1-3-9-15;/h1-5,8-11,14,19H,6-7,12-13H2,(H,20,21);1H. The van der Waals surface area contributed by atoms with Gasteiger partial charge in [-0.2, -0.15) is 0 Å². The first-order valence-corrected chi connectivity index (χ1v) is 7.66. The molecule has 1 fully saturated rings. The summed E-state index contributed by atoms with van der Waals surface area (Å²) in [5, 5.41) is 6.36. The second-order valence-corrected chi connectivity index (χ2v) is 5.41. The van der Waals surface area contributed by atoms with E-state index in [4.69, 9.17) is 4.74 Å². The molecule has 5 heteroatoms. The average molecular weight is 333 g/mol. The van der Waals surface area contributed by atoms with E-state index in [0.29, 0.717) is 23.9 Å². The predicted octanol–water partition coefficient (Wildman–Crippen LogP) is 3.38. The lowest BCUT2D eigenvalue weighted by Crippen LogP contribution is -2.37. The quantitative estimate of drug-likeness (QED) is 0.882. The van der Waals surface area contributed by atoms with Crippen LogP contribution in [0.25, 0.3) is 0 Å². The van der Waals surface area contributed by atoms with E-state index in [1.165, 1.54) is 6.42 Å². The number of rotatable bonds is 5.